The van der Waals surface area contributed by atoms with Crippen molar-refractivity contribution in [2.24, 2.45) is 0 Å². The monoisotopic (exact) mass is 462 g/mol. The number of carbonyl (C=O) groups excluding carboxylic acids is 1. The minimum Gasteiger partial charge on any atom is -0.352 e. The van der Waals surface area contributed by atoms with Crippen LogP contribution in [0.4, 0.5) is 10.7 Å². The van der Waals surface area contributed by atoms with Crippen molar-refractivity contribution in [3.63, 3.8) is 0 Å². The Labute approximate surface area is 192 Å². The van der Waals surface area contributed by atoms with E-state index in [0.717, 1.165) is 49.2 Å². The van der Waals surface area contributed by atoms with Crippen LogP contribution in [0.2, 0.25) is 10.0 Å². The lowest BCUT2D eigenvalue weighted by atomic mass is 9.81. The van der Waals surface area contributed by atoms with Gasteiger partial charge in [0.25, 0.3) is 0 Å². The summed E-state index contributed by atoms with van der Waals surface area (Å²) >= 11 is 12.4. The topological polar surface area (TPSA) is 82.2 Å². The number of hydrogen-bond acceptors (Lipinski definition) is 5. The van der Waals surface area contributed by atoms with Crippen molar-refractivity contribution in [3.8, 4) is 0 Å². The molecule has 9 heteroatoms. The third-order valence-electron chi connectivity index (χ3n) is 5.93. The molecule has 3 N–H and O–H groups in total. The van der Waals surface area contributed by atoms with Gasteiger partial charge >= 0.3 is 6.03 Å². The normalized spacial score (nSPS) is 17.9. The number of aromatic nitrogens is 2. The molecule has 1 saturated heterocycles. The Hall–Kier alpha value is -2.09. The molecule has 0 bridgehead atoms. The molecule has 2 amide bonds. The molecule has 2 aliphatic rings. The molecule has 1 aromatic heterocycles. The van der Waals surface area contributed by atoms with Crippen molar-refractivity contribution in [1.29, 1.82) is 0 Å². The molecule has 1 fully saturated rings. The standard InChI is InChI=1S/C22H28Cl2N6O/c1-14(2)27-20-26-12-15-5-10-30(13-19(15)28-20)21(31)29-22(6-8-25-9-7-22)16-3-4-17(23)18(24)11-16/h3-4,11-12,14,25H,5-10,13H2,1-2H3,(H,29,31)(H,26,27,28). The highest BCUT2D eigenvalue weighted by Crippen LogP contribution is 2.35. The molecule has 0 saturated carbocycles. The van der Waals surface area contributed by atoms with E-state index in [0.29, 0.717) is 29.1 Å². The van der Waals surface area contributed by atoms with Crippen LogP contribution in [-0.2, 0) is 18.5 Å². The summed E-state index contributed by atoms with van der Waals surface area (Å²) in [6.45, 7) is 6.83. The van der Waals surface area contributed by atoms with Crippen LogP contribution < -0.4 is 16.0 Å². The van der Waals surface area contributed by atoms with E-state index in [1.165, 1.54) is 0 Å². The molecular weight excluding hydrogens is 435 g/mol. The van der Waals surface area contributed by atoms with E-state index < -0.39 is 5.54 Å². The van der Waals surface area contributed by atoms with E-state index in [1.54, 1.807) is 6.07 Å². The average molecular weight is 463 g/mol. The van der Waals surface area contributed by atoms with E-state index in [-0.39, 0.29) is 12.1 Å². The van der Waals surface area contributed by atoms with Gasteiger partial charge in [-0.15, -0.1) is 0 Å². The van der Waals surface area contributed by atoms with Gasteiger partial charge in [0.05, 0.1) is 27.8 Å². The Bertz CT molecular complexity index is 961. The summed E-state index contributed by atoms with van der Waals surface area (Å²) in [7, 11) is 0. The van der Waals surface area contributed by atoms with Gasteiger partial charge in [-0.1, -0.05) is 29.3 Å². The number of hydrogen-bond donors (Lipinski definition) is 3. The highest BCUT2D eigenvalue weighted by atomic mass is 35.5. The number of nitrogens with one attached hydrogen (secondary N) is 3. The first-order valence-electron chi connectivity index (χ1n) is 10.7. The van der Waals surface area contributed by atoms with Crippen molar-refractivity contribution >= 4 is 35.2 Å². The number of piperidine rings is 1. The maximum Gasteiger partial charge on any atom is 0.318 e. The highest BCUT2D eigenvalue weighted by Gasteiger charge is 2.37. The van der Waals surface area contributed by atoms with Crippen LogP contribution in [0, 0.1) is 0 Å². The van der Waals surface area contributed by atoms with Crippen LogP contribution in [0.15, 0.2) is 24.4 Å². The van der Waals surface area contributed by atoms with Crippen LogP contribution in [0.25, 0.3) is 0 Å². The number of carbonyl (C=O) groups is 1. The van der Waals surface area contributed by atoms with Gasteiger partial charge < -0.3 is 20.9 Å². The second-order valence-electron chi connectivity index (χ2n) is 8.53. The Morgan fingerprint density at radius 1 is 1.23 bits per heavy atom. The molecule has 3 heterocycles. The smallest absolute Gasteiger partial charge is 0.318 e. The lowest BCUT2D eigenvalue weighted by Crippen LogP contribution is -2.56. The van der Waals surface area contributed by atoms with E-state index in [1.807, 2.05) is 37.1 Å². The first kappa shape index (κ1) is 22.1. The molecule has 0 spiro atoms. The van der Waals surface area contributed by atoms with Gasteiger partial charge in [-0.05, 0) is 69.5 Å². The van der Waals surface area contributed by atoms with Crippen molar-refractivity contribution in [2.45, 2.75) is 51.2 Å². The average Bonchev–Trinajstić information content (AvgIpc) is 2.75. The van der Waals surface area contributed by atoms with Crippen LogP contribution in [0.5, 0.6) is 0 Å². The molecule has 0 radical (unpaired) electrons. The minimum atomic E-state index is -0.479. The van der Waals surface area contributed by atoms with Crippen molar-refractivity contribution in [2.75, 3.05) is 25.0 Å². The molecule has 1 aromatic carbocycles. The third kappa shape index (κ3) is 4.89. The largest absolute Gasteiger partial charge is 0.352 e. The van der Waals surface area contributed by atoms with Gasteiger partial charge in [0.2, 0.25) is 5.95 Å². The van der Waals surface area contributed by atoms with Crippen molar-refractivity contribution in [1.82, 2.24) is 25.5 Å². The van der Waals surface area contributed by atoms with Crippen LogP contribution in [0.3, 0.4) is 0 Å². The molecule has 0 unspecified atom stereocenters. The summed E-state index contributed by atoms with van der Waals surface area (Å²) in [5.41, 5.74) is 2.50. The molecule has 31 heavy (non-hydrogen) atoms. The Morgan fingerprint density at radius 2 is 2.00 bits per heavy atom. The number of anilines is 1. The molecule has 2 aromatic rings. The van der Waals surface area contributed by atoms with Crippen molar-refractivity contribution < 1.29 is 4.79 Å². The first-order valence-corrected chi connectivity index (χ1v) is 11.5. The number of amides is 2. The SMILES string of the molecule is CC(C)Nc1ncc2c(n1)CN(C(=O)NC1(c3ccc(Cl)c(Cl)c3)CCNCC1)CC2. The van der Waals surface area contributed by atoms with Crippen LogP contribution in [0.1, 0.15) is 43.5 Å². The zero-order chi connectivity index (χ0) is 22.0. The number of rotatable bonds is 4. The second-order valence-corrected chi connectivity index (χ2v) is 9.34. The Kier molecular flexibility index (Phi) is 6.55. The fraction of sp³-hybridized carbons (Fsp3) is 0.500. The first-order chi connectivity index (χ1) is 14.9. The molecule has 2 aliphatic heterocycles. The Morgan fingerprint density at radius 3 is 2.71 bits per heavy atom. The van der Waals surface area contributed by atoms with E-state index in [4.69, 9.17) is 23.2 Å². The third-order valence-corrected chi connectivity index (χ3v) is 6.67. The van der Waals surface area contributed by atoms with Gasteiger partial charge in [0.1, 0.15) is 0 Å². The summed E-state index contributed by atoms with van der Waals surface area (Å²) in [5, 5.41) is 10.9. The predicted octanol–water partition coefficient (Wildman–Crippen LogP) is 3.95. The number of nitrogens with zero attached hydrogens (tertiary/aromatic N) is 3. The van der Waals surface area contributed by atoms with Crippen molar-refractivity contribution in [3.05, 3.63) is 51.3 Å². The van der Waals surface area contributed by atoms with Crippen LogP contribution >= 0.6 is 23.2 Å². The fourth-order valence-electron chi connectivity index (χ4n) is 4.22. The molecule has 4 rings (SSSR count). The zero-order valence-electron chi connectivity index (χ0n) is 17.8. The van der Waals surface area contributed by atoms with Gasteiger partial charge in [-0.2, -0.15) is 0 Å². The maximum atomic E-state index is 13.3. The minimum absolute atomic E-state index is 0.0874. The van der Waals surface area contributed by atoms with E-state index in [9.17, 15) is 4.79 Å². The number of fused-ring (bicyclic) bond motifs is 1. The van der Waals surface area contributed by atoms with E-state index in [2.05, 4.69) is 25.9 Å². The summed E-state index contributed by atoms with van der Waals surface area (Å²) in [6, 6.07) is 5.79. The number of halogens is 2. The highest BCUT2D eigenvalue weighted by molar-refractivity contribution is 6.42. The lowest BCUT2D eigenvalue weighted by molar-refractivity contribution is 0.164. The summed E-state index contributed by atoms with van der Waals surface area (Å²) in [5.74, 6) is 0.599. The van der Waals surface area contributed by atoms with Gasteiger partial charge in [0, 0.05) is 18.8 Å². The Balaban J connectivity index is 1.54. The summed E-state index contributed by atoms with van der Waals surface area (Å²) < 4.78 is 0. The number of benzene rings is 1. The molecule has 0 atom stereocenters. The fourth-order valence-corrected chi connectivity index (χ4v) is 4.52. The van der Waals surface area contributed by atoms with Crippen LogP contribution in [-0.4, -0.2) is 46.6 Å². The number of urea groups is 1. The molecule has 7 nitrogen and oxygen atoms in total. The van der Waals surface area contributed by atoms with E-state index >= 15 is 0 Å². The van der Waals surface area contributed by atoms with Gasteiger partial charge in [-0.3, -0.25) is 0 Å². The summed E-state index contributed by atoms with van der Waals surface area (Å²) in [4.78, 5) is 24.2. The predicted molar refractivity (Wildman–Crippen MR) is 124 cm³/mol. The summed E-state index contributed by atoms with van der Waals surface area (Å²) in [6.07, 6.45) is 4.18. The molecule has 166 valence electrons. The van der Waals surface area contributed by atoms with Gasteiger partial charge in [0.15, 0.2) is 0 Å². The lowest BCUT2D eigenvalue weighted by Gasteiger charge is -2.41. The van der Waals surface area contributed by atoms with Gasteiger partial charge in [-0.25, -0.2) is 14.8 Å². The maximum absolute atomic E-state index is 13.3. The quantitative estimate of drug-likeness (QED) is 0.640. The molecular formula is C22H28Cl2N6O. The zero-order valence-corrected chi connectivity index (χ0v) is 19.4. The second kappa shape index (κ2) is 9.18. The molecule has 0 aliphatic carbocycles.